The van der Waals surface area contributed by atoms with E-state index in [1.807, 2.05) is 24.0 Å². The van der Waals surface area contributed by atoms with Crippen LogP contribution in [-0.4, -0.2) is 53.2 Å². The van der Waals surface area contributed by atoms with Crippen molar-refractivity contribution in [1.82, 2.24) is 10.2 Å². The summed E-state index contributed by atoms with van der Waals surface area (Å²) in [6.07, 6.45) is 7.07. The largest absolute Gasteiger partial charge is 0.484 e. The zero-order valence-electron chi connectivity index (χ0n) is 18.2. The summed E-state index contributed by atoms with van der Waals surface area (Å²) in [5.74, 6) is 1.23. The van der Waals surface area contributed by atoms with Crippen LogP contribution in [0.15, 0.2) is 18.2 Å². The van der Waals surface area contributed by atoms with Crippen LogP contribution < -0.4 is 10.1 Å². The van der Waals surface area contributed by atoms with Crippen LogP contribution in [0.2, 0.25) is 5.02 Å². The van der Waals surface area contributed by atoms with Gasteiger partial charge in [-0.1, -0.05) is 17.7 Å². The predicted octanol–water partition coefficient (Wildman–Crippen LogP) is 3.33. The molecular weight excluding hydrogens is 416 g/mol. The SMILES string of the molecule is CC1(O)CCC(N2CCC(Cc3ccc(OCC(=O)NCC4CC4)cc3Cl)C2=O)CC1. The van der Waals surface area contributed by atoms with Crippen molar-refractivity contribution in [1.29, 1.82) is 0 Å². The number of hydrogen-bond acceptors (Lipinski definition) is 4. The molecular formula is C24H33ClN2O4. The lowest BCUT2D eigenvalue weighted by molar-refractivity contribution is -0.134. The van der Waals surface area contributed by atoms with Crippen LogP contribution >= 0.6 is 11.6 Å². The van der Waals surface area contributed by atoms with Crippen molar-refractivity contribution < 1.29 is 19.4 Å². The lowest BCUT2D eigenvalue weighted by Crippen LogP contribution is -2.43. The van der Waals surface area contributed by atoms with Crippen molar-refractivity contribution >= 4 is 23.4 Å². The molecule has 1 atom stereocenters. The fourth-order valence-corrected chi connectivity index (χ4v) is 4.93. The van der Waals surface area contributed by atoms with Gasteiger partial charge in [-0.2, -0.15) is 0 Å². The molecule has 0 bridgehead atoms. The monoisotopic (exact) mass is 448 g/mol. The number of aliphatic hydroxyl groups is 1. The van der Waals surface area contributed by atoms with Crippen molar-refractivity contribution in [2.24, 2.45) is 11.8 Å². The Balaban J connectivity index is 1.27. The maximum Gasteiger partial charge on any atom is 0.257 e. The highest BCUT2D eigenvalue weighted by atomic mass is 35.5. The quantitative estimate of drug-likeness (QED) is 0.639. The molecule has 170 valence electrons. The number of amides is 2. The van der Waals surface area contributed by atoms with Gasteiger partial charge in [-0.05, 0) is 81.9 Å². The molecule has 1 saturated heterocycles. The van der Waals surface area contributed by atoms with Crippen LogP contribution in [0.5, 0.6) is 5.75 Å². The van der Waals surface area contributed by atoms with Gasteiger partial charge in [0, 0.05) is 30.1 Å². The number of ether oxygens (including phenoxy) is 1. The van der Waals surface area contributed by atoms with Crippen molar-refractivity contribution in [2.45, 2.75) is 69.9 Å². The summed E-state index contributed by atoms with van der Waals surface area (Å²) in [4.78, 5) is 26.8. The average Bonchev–Trinajstić information content (AvgIpc) is 3.50. The molecule has 2 amide bonds. The molecule has 0 aromatic heterocycles. The van der Waals surface area contributed by atoms with Gasteiger partial charge < -0.3 is 20.1 Å². The lowest BCUT2D eigenvalue weighted by Gasteiger charge is -2.37. The number of likely N-dealkylation sites (tertiary alicyclic amines) is 1. The van der Waals surface area contributed by atoms with Crippen molar-refractivity contribution in [2.75, 3.05) is 19.7 Å². The smallest absolute Gasteiger partial charge is 0.257 e. The standard InChI is InChI=1S/C24H33ClN2O4/c1-24(30)9-6-19(7-10-24)27-11-8-18(23(27)29)12-17-4-5-20(13-21(17)25)31-15-22(28)26-14-16-2-3-16/h4-5,13,16,18-19,30H,2-3,6-12,14-15H2,1H3,(H,26,28). The Kier molecular flexibility index (Phi) is 6.77. The first kappa shape index (κ1) is 22.4. The third-order valence-corrected chi connectivity index (χ3v) is 7.32. The summed E-state index contributed by atoms with van der Waals surface area (Å²) >= 11 is 6.47. The third kappa shape index (κ3) is 5.92. The second-order valence-electron chi connectivity index (χ2n) is 9.74. The maximum absolute atomic E-state index is 13.0. The Morgan fingerprint density at radius 1 is 1.26 bits per heavy atom. The minimum absolute atomic E-state index is 0.0211. The van der Waals surface area contributed by atoms with Crippen molar-refractivity contribution in [3.8, 4) is 5.75 Å². The minimum atomic E-state index is -0.589. The summed E-state index contributed by atoms with van der Waals surface area (Å²) in [6, 6.07) is 5.68. The molecule has 0 radical (unpaired) electrons. The topological polar surface area (TPSA) is 78.9 Å². The van der Waals surface area contributed by atoms with E-state index < -0.39 is 5.60 Å². The number of benzene rings is 1. The van der Waals surface area contributed by atoms with E-state index in [9.17, 15) is 14.7 Å². The minimum Gasteiger partial charge on any atom is -0.484 e. The number of nitrogens with zero attached hydrogens (tertiary/aromatic N) is 1. The molecule has 7 heteroatoms. The van der Waals surface area contributed by atoms with E-state index in [0.29, 0.717) is 23.1 Å². The molecule has 31 heavy (non-hydrogen) atoms. The van der Waals surface area contributed by atoms with Crippen LogP contribution in [0.4, 0.5) is 0 Å². The van der Waals surface area contributed by atoms with Crippen molar-refractivity contribution in [3.05, 3.63) is 28.8 Å². The molecule has 4 rings (SSSR count). The number of halogens is 1. The van der Waals surface area contributed by atoms with E-state index >= 15 is 0 Å². The summed E-state index contributed by atoms with van der Waals surface area (Å²) in [6.45, 7) is 3.38. The molecule has 1 aliphatic heterocycles. The van der Waals surface area contributed by atoms with Crippen LogP contribution in [-0.2, 0) is 16.0 Å². The normalized spacial score (nSPS) is 28.6. The fourth-order valence-electron chi connectivity index (χ4n) is 4.68. The molecule has 2 N–H and O–H groups in total. The number of hydrogen-bond donors (Lipinski definition) is 2. The summed E-state index contributed by atoms with van der Waals surface area (Å²) in [5.41, 5.74) is 0.340. The van der Waals surface area contributed by atoms with E-state index in [4.69, 9.17) is 16.3 Å². The van der Waals surface area contributed by atoms with Gasteiger partial charge in [-0.3, -0.25) is 9.59 Å². The van der Waals surface area contributed by atoms with Crippen LogP contribution in [0.1, 0.15) is 57.4 Å². The van der Waals surface area contributed by atoms with Crippen molar-refractivity contribution in [3.63, 3.8) is 0 Å². The first-order valence-electron chi connectivity index (χ1n) is 11.5. The molecule has 2 saturated carbocycles. The molecule has 0 spiro atoms. The van der Waals surface area contributed by atoms with E-state index in [1.54, 1.807) is 6.07 Å². The molecule has 6 nitrogen and oxygen atoms in total. The highest BCUT2D eigenvalue weighted by Crippen LogP contribution is 2.35. The van der Waals surface area contributed by atoms with Gasteiger partial charge in [0.25, 0.3) is 5.91 Å². The highest BCUT2D eigenvalue weighted by molar-refractivity contribution is 6.31. The third-order valence-electron chi connectivity index (χ3n) is 6.97. The Hall–Kier alpha value is -1.79. The van der Waals surface area contributed by atoms with Crippen LogP contribution in [0.3, 0.4) is 0 Å². The molecule has 1 aromatic carbocycles. The highest BCUT2D eigenvalue weighted by Gasteiger charge is 2.39. The Morgan fingerprint density at radius 2 is 2.00 bits per heavy atom. The predicted molar refractivity (Wildman–Crippen MR) is 119 cm³/mol. The van der Waals surface area contributed by atoms with Gasteiger partial charge in [0.2, 0.25) is 5.91 Å². The summed E-state index contributed by atoms with van der Waals surface area (Å²) < 4.78 is 5.57. The van der Waals surface area contributed by atoms with Gasteiger partial charge >= 0.3 is 0 Å². The number of carbonyl (C=O) groups excluding carboxylic acids is 2. The van der Waals surface area contributed by atoms with Gasteiger partial charge in [-0.15, -0.1) is 0 Å². The number of rotatable bonds is 8. The fraction of sp³-hybridized carbons (Fsp3) is 0.667. The Bertz CT molecular complexity index is 814. The van der Waals surface area contributed by atoms with Gasteiger partial charge in [0.15, 0.2) is 6.61 Å². The van der Waals surface area contributed by atoms with Gasteiger partial charge in [-0.25, -0.2) is 0 Å². The van der Waals surface area contributed by atoms with E-state index in [1.165, 1.54) is 12.8 Å². The van der Waals surface area contributed by atoms with Gasteiger partial charge in [0.05, 0.1) is 5.60 Å². The maximum atomic E-state index is 13.0. The number of carbonyl (C=O) groups is 2. The van der Waals surface area contributed by atoms with Crippen LogP contribution in [0.25, 0.3) is 0 Å². The molecule has 3 aliphatic rings. The molecule has 1 unspecified atom stereocenters. The van der Waals surface area contributed by atoms with E-state index in [0.717, 1.165) is 50.8 Å². The molecule has 1 heterocycles. The molecule has 2 aliphatic carbocycles. The second-order valence-corrected chi connectivity index (χ2v) is 10.1. The summed E-state index contributed by atoms with van der Waals surface area (Å²) in [5, 5.41) is 13.6. The Labute approximate surface area is 189 Å². The zero-order valence-corrected chi connectivity index (χ0v) is 19.0. The molecule has 3 fully saturated rings. The zero-order chi connectivity index (χ0) is 22.0. The first-order chi connectivity index (χ1) is 14.8. The summed E-state index contributed by atoms with van der Waals surface area (Å²) in [7, 11) is 0. The molecule has 1 aromatic rings. The van der Waals surface area contributed by atoms with E-state index in [-0.39, 0.29) is 30.4 Å². The van der Waals surface area contributed by atoms with Gasteiger partial charge in [0.1, 0.15) is 5.75 Å². The van der Waals surface area contributed by atoms with E-state index in [2.05, 4.69) is 5.32 Å². The Morgan fingerprint density at radius 3 is 2.68 bits per heavy atom. The van der Waals surface area contributed by atoms with Crippen LogP contribution in [0, 0.1) is 11.8 Å². The second kappa shape index (κ2) is 9.37. The lowest BCUT2D eigenvalue weighted by atomic mass is 9.83. The number of nitrogens with one attached hydrogen (secondary N) is 1. The first-order valence-corrected chi connectivity index (χ1v) is 11.9. The average molecular weight is 449 g/mol.